The number of aryl methyl sites for hydroxylation is 1. The average Bonchev–Trinajstić information content (AvgIpc) is 2.46. The lowest BCUT2D eigenvalue weighted by Crippen LogP contribution is -2.28. The molecule has 2 rings (SSSR count). The van der Waals surface area contributed by atoms with Crippen LogP contribution < -0.4 is 10.5 Å². The highest BCUT2D eigenvalue weighted by molar-refractivity contribution is 5.44. The van der Waals surface area contributed by atoms with Crippen LogP contribution >= 0.6 is 0 Å². The molecule has 1 aromatic carbocycles. The summed E-state index contributed by atoms with van der Waals surface area (Å²) < 4.78 is 1.38. The van der Waals surface area contributed by atoms with E-state index in [-0.39, 0.29) is 11.2 Å². The normalized spacial score (nSPS) is 10.4. The average molecular weight is 287 g/mol. The Morgan fingerprint density at radius 1 is 1.29 bits per heavy atom. The number of hydrogen-bond donors (Lipinski definition) is 0. The van der Waals surface area contributed by atoms with E-state index in [0.29, 0.717) is 18.7 Å². The molecule has 0 bridgehead atoms. The molecule has 0 fully saturated rings. The van der Waals surface area contributed by atoms with Gasteiger partial charge in [-0.05, 0) is 19.1 Å². The number of nitrogens with zero attached hydrogens (tertiary/aromatic N) is 3. The van der Waals surface area contributed by atoms with Crippen molar-refractivity contribution in [2.45, 2.75) is 13.5 Å². The monoisotopic (exact) mass is 287 g/mol. The molecule has 1 heterocycles. The molecule has 110 valence electrons. The third kappa shape index (κ3) is 3.47. The number of pyridine rings is 1. The minimum absolute atomic E-state index is 0.0306. The minimum Gasteiger partial charge on any atom is -0.373 e. The summed E-state index contributed by atoms with van der Waals surface area (Å²) in [6, 6.07) is 11.1. The van der Waals surface area contributed by atoms with Gasteiger partial charge in [0.15, 0.2) is 0 Å². The molecule has 0 amide bonds. The summed E-state index contributed by atoms with van der Waals surface area (Å²) in [7, 11) is 1.92. The van der Waals surface area contributed by atoms with Crippen molar-refractivity contribution in [3.63, 3.8) is 0 Å². The highest BCUT2D eigenvalue weighted by Crippen LogP contribution is 2.14. The molecule has 6 nitrogen and oxygen atoms in total. The van der Waals surface area contributed by atoms with Crippen LogP contribution in [0.4, 0.5) is 11.4 Å². The van der Waals surface area contributed by atoms with E-state index in [0.717, 1.165) is 5.69 Å². The van der Waals surface area contributed by atoms with Crippen LogP contribution in [0.1, 0.15) is 5.56 Å². The fraction of sp³-hybridized carbons (Fsp3) is 0.267. The zero-order valence-electron chi connectivity index (χ0n) is 12.0. The zero-order valence-corrected chi connectivity index (χ0v) is 12.0. The van der Waals surface area contributed by atoms with Gasteiger partial charge in [-0.2, -0.15) is 0 Å². The van der Waals surface area contributed by atoms with Gasteiger partial charge in [0.25, 0.3) is 11.2 Å². The molecule has 0 aliphatic rings. The van der Waals surface area contributed by atoms with Gasteiger partial charge in [-0.3, -0.25) is 14.9 Å². The third-order valence-electron chi connectivity index (χ3n) is 3.38. The predicted octanol–water partition coefficient (Wildman–Crippen LogP) is 2.20. The van der Waals surface area contributed by atoms with Crippen molar-refractivity contribution in [2.24, 2.45) is 0 Å². The quantitative estimate of drug-likeness (QED) is 0.624. The molecule has 0 saturated carbocycles. The molecular formula is C15H17N3O3. The van der Waals surface area contributed by atoms with Crippen molar-refractivity contribution in [1.29, 1.82) is 0 Å². The number of benzene rings is 1. The smallest absolute Gasteiger partial charge is 0.288 e. The van der Waals surface area contributed by atoms with Gasteiger partial charge < -0.3 is 9.47 Å². The molecule has 0 N–H and O–H groups in total. The third-order valence-corrected chi connectivity index (χ3v) is 3.38. The van der Waals surface area contributed by atoms with Crippen LogP contribution in [0.2, 0.25) is 0 Å². The van der Waals surface area contributed by atoms with E-state index < -0.39 is 4.92 Å². The molecule has 1 aromatic heterocycles. The Morgan fingerprint density at radius 2 is 1.95 bits per heavy atom. The lowest BCUT2D eigenvalue weighted by atomic mass is 10.2. The Kier molecular flexibility index (Phi) is 4.37. The molecule has 6 heteroatoms. The number of anilines is 1. The number of rotatable bonds is 5. The first-order valence-corrected chi connectivity index (χ1v) is 6.60. The summed E-state index contributed by atoms with van der Waals surface area (Å²) in [5.74, 6) is 0. The summed E-state index contributed by atoms with van der Waals surface area (Å²) in [5, 5.41) is 10.9. The van der Waals surface area contributed by atoms with Crippen LogP contribution in [0.25, 0.3) is 0 Å². The maximum Gasteiger partial charge on any atom is 0.288 e. The molecule has 0 aliphatic heterocycles. The number of aromatic nitrogens is 1. The first-order chi connectivity index (χ1) is 9.99. The summed E-state index contributed by atoms with van der Waals surface area (Å²) in [4.78, 5) is 24.3. The number of hydrogen-bond acceptors (Lipinski definition) is 4. The SMILES string of the molecule is Cc1cc(=O)n(CCN(C)c2ccccc2)cc1[N+](=O)[O-]. The molecule has 21 heavy (non-hydrogen) atoms. The number of nitro groups is 1. The van der Waals surface area contributed by atoms with Crippen LogP contribution in [0.15, 0.2) is 47.4 Å². The van der Waals surface area contributed by atoms with Gasteiger partial charge in [-0.1, -0.05) is 18.2 Å². The number of para-hydroxylation sites is 1. The lowest BCUT2D eigenvalue weighted by molar-refractivity contribution is -0.385. The molecule has 0 radical (unpaired) electrons. The van der Waals surface area contributed by atoms with Crippen LogP contribution in [0.3, 0.4) is 0 Å². The van der Waals surface area contributed by atoms with Gasteiger partial charge in [-0.15, -0.1) is 0 Å². The largest absolute Gasteiger partial charge is 0.373 e. The molecule has 0 spiro atoms. The van der Waals surface area contributed by atoms with E-state index >= 15 is 0 Å². The fourth-order valence-electron chi connectivity index (χ4n) is 2.09. The molecule has 2 aromatic rings. The standard InChI is InChI=1S/C15H17N3O3/c1-12-10-15(19)17(11-14(12)18(20)21)9-8-16(2)13-6-4-3-5-7-13/h3-7,10-11H,8-9H2,1-2H3. The second-order valence-corrected chi connectivity index (χ2v) is 4.89. The molecule has 0 aliphatic carbocycles. The van der Waals surface area contributed by atoms with Crippen molar-refractivity contribution in [1.82, 2.24) is 4.57 Å². The second-order valence-electron chi connectivity index (χ2n) is 4.89. The Morgan fingerprint density at radius 3 is 2.57 bits per heavy atom. The van der Waals surface area contributed by atoms with Gasteiger partial charge in [0, 0.05) is 37.5 Å². The van der Waals surface area contributed by atoms with Crippen molar-refractivity contribution < 1.29 is 4.92 Å². The maximum absolute atomic E-state index is 11.9. The van der Waals surface area contributed by atoms with Crippen molar-refractivity contribution in [2.75, 3.05) is 18.5 Å². The maximum atomic E-state index is 11.9. The summed E-state index contributed by atoms with van der Waals surface area (Å²) in [5.41, 5.74) is 1.17. The van der Waals surface area contributed by atoms with Gasteiger partial charge in [0.05, 0.1) is 11.1 Å². The first kappa shape index (κ1) is 14.8. The van der Waals surface area contributed by atoms with Crippen molar-refractivity contribution >= 4 is 11.4 Å². The van der Waals surface area contributed by atoms with Crippen LogP contribution in [-0.2, 0) is 6.54 Å². The molecule has 0 saturated heterocycles. The highest BCUT2D eigenvalue weighted by atomic mass is 16.6. The second kappa shape index (κ2) is 6.21. The zero-order chi connectivity index (χ0) is 15.4. The van der Waals surface area contributed by atoms with E-state index in [2.05, 4.69) is 0 Å². The van der Waals surface area contributed by atoms with Gasteiger partial charge in [-0.25, -0.2) is 0 Å². The van der Waals surface area contributed by atoms with Crippen LogP contribution in [0.5, 0.6) is 0 Å². The van der Waals surface area contributed by atoms with E-state index in [4.69, 9.17) is 0 Å². The van der Waals surface area contributed by atoms with E-state index in [1.165, 1.54) is 16.8 Å². The Bertz CT molecular complexity index is 695. The van der Waals surface area contributed by atoms with E-state index in [1.54, 1.807) is 6.92 Å². The van der Waals surface area contributed by atoms with E-state index in [1.807, 2.05) is 42.3 Å². The fourth-order valence-corrected chi connectivity index (χ4v) is 2.09. The summed E-state index contributed by atoms with van der Waals surface area (Å²) in [6.45, 7) is 2.55. The molecular weight excluding hydrogens is 270 g/mol. The van der Waals surface area contributed by atoms with E-state index in [9.17, 15) is 14.9 Å². The summed E-state index contributed by atoms with van der Waals surface area (Å²) >= 11 is 0. The van der Waals surface area contributed by atoms with Crippen molar-refractivity contribution in [3.05, 3.63) is 68.6 Å². The predicted molar refractivity (Wildman–Crippen MR) is 81.8 cm³/mol. The Labute approximate surface area is 122 Å². The van der Waals surface area contributed by atoms with Crippen LogP contribution in [-0.4, -0.2) is 23.1 Å². The minimum atomic E-state index is -0.466. The van der Waals surface area contributed by atoms with Crippen LogP contribution in [0, 0.1) is 17.0 Å². The van der Waals surface area contributed by atoms with Gasteiger partial charge in [0.2, 0.25) is 0 Å². The first-order valence-electron chi connectivity index (χ1n) is 6.60. The Balaban J connectivity index is 2.15. The highest BCUT2D eigenvalue weighted by Gasteiger charge is 2.13. The summed E-state index contributed by atoms with van der Waals surface area (Å²) in [6.07, 6.45) is 1.32. The van der Waals surface area contributed by atoms with Gasteiger partial charge >= 0.3 is 0 Å². The van der Waals surface area contributed by atoms with Gasteiger partial charge in [0.1, 0.15) is 0 Å². The molecule has 0 atom stereocenters. The lowest BCUT2D eigenvalue weighted by Gasteiger charge is -2.19. The Hall–Kier alpha value is -2.63. The van der Waals surface area contributed by atoms with Crippen molar-refractivity contribution in [3.8, 4) is 0 Å². The molecule has 0 unspecified atom stereocenters. The number of likely N-dealkylation sites (N-methyl/N-ethyl adjacent to an activating group) is 1. The topological polar surface area (TPSA) is 68.4 Å².